The van der Waals surface area contributed by atoms with Crippen LogP contribution in [0.1, 0.15) is 27.5 Å². The molecule has 9 nitrogen and oxygen atoms in total. The fraction of sp³-hybridized carbons (Fsp3) is 0.280. The summed E-state index contributed by atoms with van der Waals surface area (Å²) in [6.45, 7) is 0.937. The molecule has 2 aromatic carbocycles. The van der Waals surface area contributed by atoms with Gasteiger partial charge in [0.1, 0.15) is 6.61 Å². The van der Waals surface area contributed by atoms with Crippen molar-refractivity contribution in [1.29, 1.82) is 0 Å². The first-order valence-corrected chi connectivity index (χ1v) is 11.1. The van der Waals surface area contributed by atoms with Gasteiger partial charge in [-0.25, -0.2) is 4.79 Å². The molecule has 2 aliphatic carbocycles. The van der Waals surface area contributed by atoms with Crippen molar-refractivity contribution in [3.8, 4) is 11.1 Å². The fourth-order valence-electron chi connectivity index (χ4n) is 5.39. The lowest BCUT2D eigenvalue weighted by Gasteiger charge is -2.17. The van der Waals surface area contributed by atoms with Crippen LogP contribution in [-0.2, 0) is 9.53 Å². The van der Waals surface area contributed by atoms with Crippen LogP contribution in [-0.4, -0.2) is 52.8 Å². The van der Waals surface area contributed by atoms with Gasteiger partial charge in [0, 0.05) is 25.1 Å². The van der Waals surface area contributed by atoms with Gasteiger partial charge in [-0.2, -0.15) is 0 Å². The molecule has 3 aromatic rings. The summed E-state index contributed by atoms with van der Waals surface area (Å²) in [6.07, 6.45) is -0.705. The summed E-state index contributed by atoms with van der Waals surface area (Å²) in [5, 5.41) is 15.3. The van der Waals surface area contributed by atoms with E-state index in [1.165, 1.54) is 6.07 Å². The highest BCUT2D eigenvalue weighted by atomic mass is 16.6. The summed E-state index contributed by atoms with van der Waals surface area (Å²) in [5.41, 5.74) is 4.55. The van der Waals surface area contributed by atoms with Crippen LogP contribution in [0.15, 0.2) is 59.1 Å². The van der Waals surface area contributed by atoms with Gasteiger partial charge in [-0.15, -0.1) is 0 Å². The van der Waals surface area contributed by atoms with Gasteiger partial charge in [-0.1, -0.05) is 53.7 Å². The Morgan fingerprint density at radius 2 is 1.65 bits per heavy atom. The summed E-state index contributed by atoms with van der Waals surface area (Å²) < 4.78 is 10.6. The van der Waals surface area contributed by atoms with Crippen LogP contribution in [0.2, 0.25) is 0 Å². The quantitative estimate of drug-likeness (QED) is 0.599. The zero-order valence-corrected chi connectivity index (χ0v) is 18.0. The van der Waals surface area contributed by atoms with E-state index < -0.39 is 12.1 Å². The number of fused-ring (bicyclic) bond motifs is 4. The van der Waals surface area contributed by atoms with Crippen molar-refractivity contribution in [1.82, 2.24) is 10.1 Å². The topological polar surface area (TPSA) is 122 Å². The minimum absolute atomic E-state index is 0.00627. The number of carboxylic acid groups (broad SMARTS) is 1. The molecule has 1 aliphatic heterocycles. The summed E-state index contributed by atoms with van der Waals surface area (Å²) in [6, 6.07) is 17.5. The van der Waals surface area contributed by atoms with Crippen LogP contribution >= 0.6 is 0 Å². The molecule has 0 bridgehead atoms. The van der Waals surface area contributed by atoms with Crippen LogP contribution in [0.3, 0.4) is 0 Å². The Morgan fingerprint density at radius 3 is 2.26 bits per heavy atom. The number of ether oxygens (including phenoxy) is 1. The van der Waals surface area contributed by atoms with E-state index in [0.29, 0.717) is 13.1 Å². The third-order valence-corrected chi connectivity index (χ3v) is 7.06. The summed E-state index contributed by atoms with van der Waals surface area (Å²) in [7, 11) is 0. The summed E-state index contributed by atoms with van der Waals surface area (Å²) in [5.74, 6) is -1.56. The van der Waals surface area contributed by atoms with E-state index in [1.807, 2.05) is 36.4 Å². The van der Waals surface area contributed by atoms with Crippen LogP contribution in [0.4, 0.5) is 10.7 Å². The number of piperidine rings is 1. The van der Waals surface area contributed by atoms with Crippen LogP contribution < -0.4 is 5.32 Å². The molecule has 0 radical (unpaired) electrons. The number of aromatic nitrogens is 1. The Labute approximate surface area is 194 Å². The summed E-state index contributed by atoms with van der Waals surface area (Å²) in [4.78, 5) is 37.7. The Bertz CT molecular complexity index is 1260. The van der Waals surface area contributed by atoms with Crippen molar-refractivity contribution < 1.29 is 28.8 Å². The van der Waals surface area contributed by atoms with Crippen molar-refractivity contribution in [2.75, 3.05) is 25.0 Å². The van der Waals surface area contributed by atoms with Gasteiger partial charge in [0.05, 0.1) is 5.92 Å². The highest BCUT2D eigenvalue weighted by Crippen LogP contribution is 2.52. The first-order chi connectivity index (χ1) is 16.5. The third-order valence-electron chi connectivity index (χ3n) is 7.06. The molecule has 3 aliphatic rings. The molecule has 9 heteroatoms. The lowest BCUT2D eigenvalue weighted by molar-refractivity contribution is -0.139. The lowest BCUT2D eigenvalue weighted by Crippen LogP contribution is -2.32. The Morgan fingerprint density at radius 1 is 1.03 bits per heavy atom. The molecule has 6 rings (SSSR count). The second kappa shape index (κ2) is 7.72. The molecule has 0 spiro atoms. The molecule has 3 atom stereocenters. The van der Waals surface area contributed by atoms with Crippen molar-refractivity contribution in [2.24, 2.45) is 17.8 Å². The maximum atomic E-state index is 12.6. The van der Waals surface area contributed by atoms with E-state index in [-0.39, 0.29) is 47.8 Å². The molecule has 2 fully saturated rings. The largest absolute Gasteiger partial charge is 0.481 e. The number of amides is 2. The molecular formula is C25H21N3O6. The Kier molecular flexibility index (Phi) is 4.65. The van der Waals surface area contributed by atoms with Crippen LogP contribution in [0.25, 0.3) is 11.1 Å². The molecule has 1 aromatic heterocycles. The van der Waals surface area contributed by atoms with Crippen molar-refractivity contribution in [3.63, 3.8) is 0 Å². The number of hydrogen-bond donors (Lipinski definition) is 2. The van der Waals surface area contributed by atoms with Gasteiger partial charge in [-0.3, -0.25) is 14.9 Å². The molecule has 2 N–H and O–H groups in total. The van der Waals surface area contributed by atoms with Gasteiger partial charge in [-0.05, 0) is 34.1 Å². The zero-order chi connectivity index (χ0) is 23.4. The van der Waals surface area contributed by atoms with E-state index in [0.717, 1.165) is 22.3 Å². The van der Waals surface area contributed by atoms with Crippen molar-refractivity contribution in [2.45, 2.75) is 5.92 Å². The predicted molar refractivity (Wildman–Crippen MR) is 119 cm³/mol. The van der Waals surface area contributed by atoms with Crippen molar-refractivity contribution in [3.05, 3.63) is 71.4 Å². The van der Waals surface area contributed by atoms with Gasteiger partial charge >= 0.3 is 12.1 Å². The monoisotopic (exact) mass is 459 g/mol. The zero-order valence-electron chi connectivity index (χ0n) is 18.0. The smallest absolute Gasteiger partial charge is 0.414 e. The standard InChI is InChI=1S/C25H21N3O6/c29-23(28-10-17-18(11-28)22(17)24(30)31)20-9-21(34-27-20)26-25(32)33-12-19-15-7-3-1-5-13(15)14-6-2-4-8-16(14)19/h1-9,17-19,22H,10-12H2,(H,26,32)(H,30,31)/t17-,18+,22?. The van der Waals surface area contributed by atoms with Crippen molar-refractivity contribution >= 4 is 23.9 Å². The Balaban J connectivity index is 1.06. The number of carbonyl (C=O) groups is 3. The molecule has 34 heavy (non-hydrogen) atoms. The molecule has 172 valence electrons. The maximum Gasteiger partial charge on any atom is 0.414 e. The highest BCUT2D eigenvalue weighted by Gasteiger charge is 2.60. The molecule has 2 heterocycles. The fourth-order valence-corrected chi connectivity index (χ4v) is 5.39. The number of likely N-dealkylation sites (tertiary alicyclic amines) is 1. The molecule has 1 unspecified atom stereocenters. The number of hydrogen-bond acceptors (Lipinski definition) is 6. The lowest BCUT2D eigenvalue weighted by atomic mass is 9.98. The van der Waals surface area contributed by atoms with Crippen LogP contribution in [0.5, 0.6) is 0 Å². The highest BCUT2D eigenvalue weighted by molar-refractivity contribution is 5.94. The van der Waals surface area contributed by atoms with Gasteiger partial charge in [0.2, 0.25) is 5.88 Å². The molecule has 1 saturated heterocycles. The van der Waals surface area contributed by atoms with Gasteiger partial charge in [0.15, 0.2) is 5.69 Å². The first-order valence-electron chi connectivity index (χ1n) is 11.1. The number of nitrogens with one attached hydrogen (secondary N) is 1. The SMILES string of the molecule is O=C(Nc1cc(C(=O)N2C[C@@H]3C(C(=O)O)[C@@H]3C2)no1)OCC1c2ccccc2-c2ccccc21. The number of carbonyl (C=O) groups excluding carboxylic acids is 2. The van der Waals surface area contributed by atoms with E-state index >= 15 is 0 Å². The number of rotatable bonds is 5. The first kappa shape index (κ1) is 20.5. The summed E-state index contributed by atoms with van der Waals surface area (Å²) >= 11 is 0. The second-order valence-electron chi connectivity index (χ2n) is 8.93. The molecular weight excluding hydrogens is 438 g/mol. The normalized spacial score (nSPS) is 22.0. The van der Waals surface area contributed by atoms with E-state index in [9.17, 15) is 14.4 Å². The number of anilines is 1. The van der Waals surface area contributed by atoms with Crippen LogP contribution in [0, 0.1) is 17.8 Å². The van der Waals surface area contributed by atoms with Gasteiger partial charge < -0.3 is 19.3 Å². The predicted octanol–water partition coefficient (Wildman–Crippen LogP) is 3.44. The Hall–Kier alpha value is -4.14. The minimum atomic E-state index is -0.807. The number of benzene rings is 2. The van der Waals surface area contributed by atoms with Gasteiger partial charge in [0.25, 0.3) is 5.91 Å². The minimum Gasteiger partial charge on any atom is -0.481 e. The number of carboxylic acids is 1. The van der Waals surface area contributed by atoms with E-state index in [4.69, 9.17) is 14.4 Å². The third kappa shape index (κ3) is 3.32. The molecule has 1 saturated carbocycles. The molecule has 2 amide bonds. The average Bonchev–Trinajstić information content (AvgIpc) is 3.20. The maximum absolute atomic E-state index is 12.6. The number of aliphatic carboxylic acids is 1. The van der Waals surface area contributed by atoms with E-state index in [2.05, 4.69) is 22.6 Å². The number of nitrogens with zero attached hydrogens (tertiary/aromatic N) is 2. The van der Waals surface area contributed by atoms with E-state index in [1.54, 1.807) is 4.90 Å². The average molecular weight is 459 g/mol. The second-order valence-corrected chi connectivity index (χ2v) is 8.93.